The minimum atomic E-state index is -0.132. The molecule has 0 spiro atoms. The van der Waals surface area contributed by atoms with E-state index in [0.29, 0.717) is 17.1 Å². The van der Waals surface area contributed by atoms with Gasteiger partial charge in [0, 0.05) is 37.2 Å². The van der Waals surface area contributed by atoms with E-state index in [2.05, 4.69) is 15.6 Å². The fourth-order valence-corrected chi connectivity index (χ4v) is 2.58. The zero-order valence-corrected chi connectivity index (χ0v) is 15.1. The molecule has 0 radical (unpaired) electrons. The van der Waals surface area contributed by atoms with E-state index < -0.39 is 0 Å². The van der Waals surface area contributed by atoms with Gasteiger partial charge in [-0.05, 0) is 42.5 Å². The molecule has 0 aliphatic carbocycles. The molecule has 1 aromatic heterocycles. The molecule has 2 aromatic carbocycles. The fraction of sp³-hybridized carbons (Fsp3) is 0.0952. The van der Waals surface area contributed by atoms with Gasteiger partial charge in [-0.3, -0.25) is 9.59 Å². The van der Waals surface area contributed by atoms with Crippen molar-refractivity contribution in [3.63, 3.8) is 0 Å². The molecule has 0 atom stereocenters. The van der Waals surface area contributed by atoms with E-state index in [0.717, 1.165) is 11.4 Å². The summed E-state index contributed by atoms with van der Waals surface area (Å²) in [5.74, 6) is 0.345. The van der Waals surface area contributed by atoms with E-state index in [1.54, 1.807) is 36.3 Å². The number of anilines is 4. The highest BCUT2D eigenvalue weighted by Crippen LogP contribution is 2.20. The van der Waals surface area contributed by atoms with E-state index in [1.165, 1.54) is 6.92 Å². The van der Waals surface area contributed by atoms with Crippen molar-refractivity contribution in [1.29, 1.82) is 0 Å². The monoisotopic (exact) mass is 360 g/mol. The van der Waals surface area contributed by atoms with E-state index in [-0.39, 0.29) is 11.8 Å². The van der Waals surface area contributed by atoms with Crippen LogP contribution < -0.4 is 15.5 Å². The molecular formula is C21H20N4O2. The van der Waals surface area contributed by atoms with Crippen molar-refractivity contribution in [2.75, 3.05) is 22.6 Å². The molecule has 6 nitrogen and oxygen atoms in total. The van der Waals surface area contributed by atoms with Crippen LogP contribution in [0.15, 0.2) is 72.9 Å². The second-order valence-corrected chi connectivity index (χ2v) is 6.02. The number of carbonyl (C=O) groups is 2. The number of rotatable bonds is 5. The molecule has 1 heterocycles. The molecule has 3 aromatic rings. The average Bonchev–Trinajstić information content (AvgIpc) is 2.68. The van der Waals surface area contributed by atoms with Gasteiger partial charge in [-0.15, -0.1) is 0 Å². The van der Waals surface area contributed by atoms with Crippen LogP contribution >= 0.6 is 0 Å². The lowest BCUT2D eigenvalue weighted by Gasteiger charge is -2.17. The van der Waals surface area contributed by atoms with Gasteiger partial charge in [-0.2, -0.15) is 0 Å². The number of pyridine rings is 1. The minimum Gasteiger partial charge on any atom is -0.340 e. The highest BCUT2D eigenvalue weighted by atomic mass is 16.2. The number of para-hydroxylation sites is 1. The summed E-state index contributed by atoms with van der Waals surface area (Å²) in [5.41, 5.74) is 2.80. The standard InChI is InChI=1S/C21H20N4O2/c1-15(26)23-17-7-6-8-18(13-17)24-20-12-11-16(14-22-20)21(27)25(2)19-9-4-3-5-10-19/h3-14H,1-2H3,(H,22,24)(H,23,26). The van der Waals surface area contributed by atoms with Crippen molar-refractivity contribution in [3.05, 3.63) is 78.5 Å². The maximum absolute atomic E-state index is 12.6. The smallest absolute Gasteiger partial charge is 0.259 e. The molecule has 0 saturated heterocycles. The number of aromatic nitrogens is 1. The zero-order valence-electron chi connectivity index (χ0n) is 15.1. The fourth-order valence-electron chi connectivity index (χ4n) is 2.58. The molecule has 0 bridgehead atoms. The summed E-state index contributed by atoms with van der Waals surface area (Å²) in [5, 5.41) is 5.89. The number of carbonyl (C=O) groups excluding carboxylic acids is 2. The Morgan fingerprint density at radius 2 is 1.67 bits per heavy atom. The maximum Gasteiger partial charge on any atom is 0.259 e. The number of hydrogen-bond donors (Lipinski definition) is 2. The van der Waals surface area contributed by atoms with Gasteiger partial charge in [0.2, 0.25) is 5.91 Å². The van der Waals surface area contributed by atoms with E-state index in [1.807, 2.05) is 48.5 Å². The van der Waals surface area contributed by atoms with Crippen molar-refractivity contribution >= 4 is 34.7 Å². The molecule has 2 N–H and O–H groups in total. The summed E-state index contributed by atoms with van der Waals surface area (Å²) in [6.07, 6.45) is 1.54. The lowest BCUT2D eigenvalue weighted by Crippen LogP contribution is -2.26. The third-order valence-electron chi connectivity index (χ3n) is 3.91. The summed E-state index contributed by atoms with van der Waals surface area (Å²) in [7, 11) is 1.73. The second kappa shape index (κ2) is 8.14. The summed E-state index contributed by atoms with van der Waals surface area (Å²) in [6, 6.07) is 20.2. The van der Waals surface area contributed by atoms with E-state index in [9.17, 15) is 9.59 Å². The molecule has 0 aliphatic rings. The average molecular weight is 360 g/mol. The minimum absolute atomic E-state index is 0.129. The van der Waals surface area contributed by atoms with Gasteiger partial charge in [0.1, 0.15) is 5.82 Å². The van der Waals surface area contributed by atoms with Crippen LogP contribution in [-0.2, 0) is 4.79 Å². The van der Waals surface area contributed by atoms with Crippen molar-refractivity contribution in [2.24, 2.45) is 0 Å². The predicted molar refractivity (Wildman–Crippen MR) is 107 cm³/mol. The van der Waals surface area contributed by atoms with Crippen LogP contribution in [0.25, 0.3) is 0 Å². The number of hydrogen-bond acceptors (Lipinski definition) is 4. The van der Waals surface area contributed by atoms with Gasteiger partial charge in [0.25, 0.3) is 5.91 Å². The molecule has 0 fully saturated rings. The first-order chi connectivity index (χ1) is 13.0. The molecule has 0 unspecified atom stereocenters. The topological polar surface area (TPSA) is 74.3 Å². The molecule has 3 rings (SSSR count). The Morgan fingerprint density at radius 1 is 0.926 bits per heavy atom. The normalized spacial score (nSPS) is 10.1. The van der Waals surface area contributed by atoms with Crippen LogP contribution in [0, 0.1) is 0 Å². The molecular weight excluding hydrogens is 340 g/mol. The quantitative estimate of drug-likeness (QED) is 0.719. The largest absolute Gasteiger partial charge is 0.340 e. The van der Waals surface area contributed by atoms with Gasteiger partial charge in [-0.25, -0.2) is 4.98 Å². The van der Waals surface area contributed by atoms with Gasteiger partial charge >= 0.3 is 0 Å². The van der Waals surface area contributed by atoms with Crippen LogP contribution in [0.3, 0.4) is 0 Å². The Kier molecular flexibility index (Phi) is 5.47. The molecule has 6 heteroatoms. The Labute approximate surface area is 157 Å². The SMILES string of the molecule is CC(=O)Nc1cccc(Nc2ccc(C(=O)N(C)c3ccccc3)cn2)c1. The molecule has 0 aliphatic heterocycles. The van der Waals surface area contributed by atoms with Crippen molar-refractivity contribution in [3.8, 4) is 0 Å². The Morgan fingerprint density at radius 3 is 2.33 bits per heavy atom. The van der Waals surface area contributed by atoms with Crippen LogP contribution in [-0.4, -0.2) is 23.8 Å². The highest BCUT2D eigenvalue weighted by molar-refractivity contribution is 6.05. The lowest BCUT2D eigenvalue weighted by atomic mass is 10.2. The summed E-state index contributed by atoms with van der Waals surface area (Å²) >= 11 is 0. The number of nitrogens with zero attached hydrogens (tertiary/aromatic N) is 2. The van der Waals surface area contributed by atoms with Crippen LogP contribution in [0.4, 0.5) is 22.9 Å². The Bertz CT molecular complexity index is 940. The van der Waals surface area contributed by atoms with E-state index in [4.69, 9.17) is 0 Å². The Hall–Kier alpha value is -3.67. The first-order valence-corrected chi connectivity index (χ1v) is 8.47. The molecule has 0 saturated carbocycles. The molecule has 27 heavy (non-hydrogen) atoms. The summed E-state index contributed by atoms with van der Waals surface area (Å²) in [4.78, 5) is 29.6. The lowest BCUT2D eigenvalue weighted by molar-refractivity contribution is -0.114. The predicted octanol–water partition coefficient (Wildman–Crippen LogP) is 4.06. The van der Waals surface area contributed by atoms with Crippen molar-refractivity contribution < 1.29 is 9.59 Å². The maximum atomic E-state index is 12.6. The summed E-state index contributed by atoms with van der Waals surface area (Å²) < 4.78 is 0. The van der Waals surface area contributed by atoms with Crippen molar-refractivity contribution in [2.45, 2.75) is 6.92 Å². The first kappa shape index (κ1) is 18.1. The second-order valence-electron chi connectivity index (χ2n) is 6.02. The highest BCUT2D eigenvalue weighted by Gasteiger charge is 2.13. The number of amides is 2. The third kappa shape index (κ3) is 4.70. The van der Waals surface area contributed by atoms with Gasteiger partial charge < -0.3 is 15.5 Å². The number of nitrogens with one attached hydrogen (secondary N) is 2. The Balaban J connectivity index is 1.70. The molecule has 136 valence electrons. The van der Waals surface area contributed by atoms with Gasteiger partial charge in [-0.1, -0.05) is 24.3 Å². The summed E-state index contributed by atoms with van der Waals surface area (Å²) in [6.45, 7) is 1.46. The zero-order chi connectivity index (χ0) is 19.2. The van der Waals surface area contributed by atoms with Crippen LogP contribution in [0.2, 0.25) is 0 Å². The van der Waals surface area contributed by atoms with Gasteiger partial charge in [0.05, 0.1) is 5.56 Å². The van der Waals surface area contributed by atoms with Crippen LogP contribution in [0.1, 0.15) is 17.3 Å². The van der Waals surface area contributed by atoms with Crippen LogP contribution in [0.5, 0.6) is 0 Å². The molecule has 2 amide bonds. The van der Waals surface area contributed by atoms with Crippen molar-refractivity contribution in [1.82, 2.24) is 4.98 Å². The van der Waals surface area contributed by atoms with E-state index >= 15 is 0 Å². The number of benzene rings is 2. The van der Waals surface area contributed by atoms with Gasteiger partial charge in [0.15, 0.2) is 0 Å². The third-order valence-corrected chi connectivity index (χ3v) is 3.91. The first-order valence-electron chi connectivity index (χ1n) is 8.47.